The summed E-state index contributed by atoms with van der Waals surface area (Å²) in [6.45, 7) is 4.50. The minimum Gasteiger partial charge on any atom is -0.360 e. The van der Waals surface area contributed by atoms with Gasteiger partial charge in [0.05, 0.1) is 40.3 Å². The van der Waals surface area contributed by atoms with Gasteiger partial charge in [0.2, 0.25) is 0 Å². The molecule has 2 aromatic rings. The molecule has 0 atom stereocenters. The molecule has 1 saturated heterocycles. The number of unbranched alkanes of at least 4 members (excludes halogenated alkanes) is 2. The van der Waals surface area contributed by atoms with Gasteiger partial charge in [0.25, 0.3) is 11.8 Å². The van der Waals surface area contributed by atoms with Crippen LogP contribution in [0, 0.1) is 12.3 Å². The number of carbonyl (C=O) groups is 2. The minimum atomic E-state index is -0.192. The summed E-state index contributed by atoms with van der Waals surface area (Å²) in [6.07, 6.45) is 7.51. The Bertz CT molecular complexity index is 986. The van der Waals surface area contributed by atoms with Gasteiger partial charge in [0, 0.05) is 40.6 Å². The van der Waals surface area contributed by atoms with Crippen molar-refractivity contribution in [1.82, 2.24) is 4.90 Å². The number of hydrogen-bond acceptors (Lipinski definition) is 3. The highest BCUT2D eigenvalue weighted by Crippen LogP contribution is 2.36. The van der Waals surface area contributed by atoms with Crippen LogP contribution >= 0.6 is 0 Å². The summed E-state index contributed by atoms with van der Waals surface area (Å²) in [5.74, 6) is 2.22. The van der Waals surface area contributed by atoms with Gasteiger partial charge in [-0.05, 0) is 31.0 Å². The number of carbonyl (C=O) groups excluding carboxylic acids is 2. The third-order valence-electron chi connectivity index (χ3n) is 6.21. The van der Waals surface area contributed by atoms with E-state index in [1.807, 2.05) is 24.3 Å². The van der Waals surface area contributed by atoms with E-state index in [-0.39, 0.29) is 11.8 Å². The van der Waals surface area contributed by atoms with Crippen molar-refractivity contribution in [2.24, 2.45) is 0 Å². The largest absolute Gasteiger partial charge is 0.360 e. The fourth-order valence-electron chi connectivity index (χ4n) is 4.35. The van der Waals surface area contributed by atoms with Gasteiger partial charge in [-0.1, -0.05) is 12.1 Å². The molecule has 0 aliphatic carbocycles. The molecule has 150 valence electrons. The van der Waals surface area contributed by atoms with E-state index in [9.17, 15) is 9.59 Å². The zero-order valence-electron chi connectivity index (χ0n) is 17.3. The van der Waals surface area contributed by atoms with Gasteiger partial charge in [-0.15, -0.1) is 12.3 Å². The molecule has 0 saturated carbocycles. The summed E-state index contributed by atoms with van der Waals surface area (Å²) in [5.41, 5.74) is 2.38. The van der Waals surface area contributed by atoms with E-state index in [1.54, 1.807) is 0 Å². The first-order valence-corrected chi connectivity index (χ1v) is 10.4. The van der Waals surface area contributed by atoms with Gasteiger partial charge in [-0.25, -0.2) is 0 Å². The predicted molar refractivity (Wildman–Crippen MR) is 116 cm³/mol. The topological polar surface area (TPSA) is 40.6 Å². The van der Waals surface area contributed by atoms with Crippen molar-refractivity contribution in [2.75, 3.05) is 51.7 Å². The fraction of sp³-hybridized carbons (Fsp3) is 0.417. The quantitative estimate of drug-likeness (QED) is 0.341. The Kier molecular flexibility index (Phi) is 5.06. The Morgan fingerprint density at radius 1 is 1.00 bits per heavy atom. The molecule has 0 bridgehead atoms. The molecule has 5 heteroatoms. The number of benzene rings is 2. The van der Waals surface area contributed by atoms with Gasteiger partial charge >= 0.3 is 0 Å². The summed E-state index contributed by atoms with van der Waals surface area (Å²) >= 11 is 0. The van der Waals surface area contributed by atoms with Gasteiger partial charge in [-0.3, -0.25) is 14.5 Å². The third kappa shape index (κ3) is 3.49. The molecule has 0 N–H and O–H groups in total. The summed E-state index contributed by atoms with van der Waals surface area (Å²) in [5, 5.41) is 1.81. The first-order chi connectivity index (χ1) is 13.9. The van der Waals surface area contributed by atoms with Crippen molar-refractivity contribution in [2.45, 2.75) is 19.3 Å². The number of hydrogen-bond donors (Lipinski definition) is 0. The standard InChI is InChI=1S/C24H28N3O2/c1-4-5-6-7-13-26-23(28)19-10-8-9-18-21(12-11-20(22(18)19)24(26)29)25-14-16-27(2,3)17-15-25/h1,8-12H,5-7,13-17H2,2-3H3/q+1. The van der Waals surface area contributed by atoms with Gasteiger partial charge < -0.3 is 9.38 Å². The monoisotopic (exact) mass is 390 g/mol. The Morgan fingerprint density at radius 3 is 2.38 bits per heavy atom. The van der Waals surface area contributed by atoms with Crippen LogP contribution in [0.3, 0.4) is 0 Å². The molecule has 29 heavy (non-hydrogen) atoms. The highest BCUT2D eigenvalue weighted by Gasteiger charge is 2.34. The molecule has 4 rings (SSSR count). The molecule has 2 aliphatic rings. The van der Waals surface area contributed by atoms with E-state index in [1.165, 1.54) is 4.90 Å². The average Bonchev–Trinajstić information content (AvgIpc) is 2.71. The van der Waals surface area contributed by atoms with Crippen LogP contribution in [0.25, 0.3) is 10.8 Å². The molecule has 0 aromatic heterocycles. The van der Waals surface area contributed by atoms with E-state index in [2.05, 4.69) is 31.0 Å². The Labute approximate surface area is 172 Å². The SMILES string of the molecule is C#CCCCCN1C(=O)c2cccc3c(N4CC[N+](C)(C)CC4)ccc(c23)C1=O. The van der Waals surface area contributed by atoms with Crippen molar-refractivity contribution in [1.29, 1.82) is 0 Å². The van der Waals surface area contributed by atoms with Crippen LogP contribution in [-0.4, -0.2) is 68.0 Å². The van der Waals surface area contributed by atoms with Crippen LogP contribution in [-0.2, 0) is 0 Å². The lowest BCUT2D eigenvalue weighted by molar-refractivity contribution is -0.890. The Hall–Kier alpha value is -2.84. The molecular weight excluding hydrogens is 362 g/mol. The van der Waals surface area contributed by atoms with Crippen molar-refractivity contribution in [3.8, 4) is 12.3 Å². The van der Waals surface area contributed by atoms with E-state index in [0.717, 1.165) is 60.0 Å². The Balaban J connectivity index is 1.69. The number of imide groups is 1. The van der Waals surface area contributed by atoms with E-state index in [0.29, 0.717) is 24.1 Å². The number of piperazine rings is 1. The molecule has 0 radical (unpaired) electrons. The second-order valence-electron chi connectivity index (χ2n) is 8.65. The number of rotatable bonds is 5. The summed E-state index contributed by atoms with van der Waals surface area (Å²) in [6, 6.07) is 9.76. The molecule has 2 aliphatic heterocycles. The summed E-state index contributed by atoms with van der Waals surface area (Å²) < 4.78 is 1.02. The van der Waals surface area contributed by atoms with Crippen molar-refractivity contribution in [3.05, 3.63) is 41.5 Å². The van der Waals surface area contributed by atoms with Gasteiger partial charge in [0.1, 0.15) is 0 Å². The van der Waals surface area contributed by atoms with Crippen LogP contribution in [0.1, 0.15) is 40.0 Å². The molecule has 2 aromatic carbocycles. The number of quaternary nitrogens is 1. The molecular formula is C24H28N3O2+. The smallest absolute Gasteiger partial charge is 0.261 e. The summed E-state index contributed by atoms with van der Waals surface area (Å²) in [4.78, 5) is 30.0. The van der Waals surface area contributed by atoms with E-state index in [4.69, 9.17) is 6.42 Å². The molecule has 5 nitrogen and oxygen atoms in total. The maximum absolute atomic E-state index is 13.1. The van der Waals surface area contributed by atoms with Gasteiger partial charge in [0.15, 0.2) is 0 Å². The lowest BCUT2D eigenvalue weighted by atomic mass is 9.92. The van der Waals surface area contributed by atoms with Crippen LogP contribution in [0.5, 0.6) is 0 Å². The second kappa shape index (κ2) is 7.53. The zero-order valence-corrected chi connectivity index (χ0v) is 17.3. The average molecular weight is 391 g/mol. The van der Waals surface area contributed by atoms with Crippen molar-refractivity contribution >= 4 is 28.3 Å². The van der Waals surface area contributed by atoms with Crippen LogP contribution in [0.4, 0.5) is 5.69 Å². The number of terminal acetylenes is 1. The predicted octanol–water partition coefficient (Wildman–Crippen LogP) is 3.14. The number of anilines is 1. The van der Waals surface area contributed by atoms with E-state index < -0.39 is 0 Å². The molecule has 2 heterocycles. The van der Waals surface area contributed by atoms with Crippen LogP contribution < -0.4 is 4.90 Å². The zero-order chi connectivity index (χ0) is 20.6. The number of nitrogens with zero attached hydrogens (tertiary/aromatic N) is 3. The highest BCUT2D eigenvalue weighted by molar-refractivity contribution is 6.26. The lowest BCUT2D eigenvalue weighted by Crippen LogP contribution is -2.55. The molecule has 1 fully saturated rings. The summed E-state index contributed by atoms with van der Waals surface area (Å²) in [7, 11) is 4.51. The highest BCUT2D eigenvalue weighted by atomic mass is 16.2. The minimum absolute atomic E-state index is 0.192. The molecule has 2 amide bonds. The number of likely N-dealkylation sites (N-methyl/N-ethyl adjacent to an activating group) is 1. The van der Waals surface area contributed by atoms with Crippen LogP contribution in [0.2, 0.25) is 0 Å². The van der Waals surface area contributed by atoms with Crippen molar-refractivity contribution in [3.63, 3.8) is 0 Å². The van der Waals surface area contributed by atoms with E-state index >= 15 is 0 Å². The lowest BCUT2D eigenvalue weighted by Gasteiger charge is -2.40. The normalized spacial score (nSPS) is 18.2. The Morgan fingerprint density at radius 2 is 1.69 bits per heavy atom. The number of amides is 2. The molecule has 0 spiro atoms. The van der Waals surface area contributed by atoms with Gasteiger partial charge in [-0.2, -0.15) is 0 Å². The second-order valence-corrected chi connectivity index (χ2v) is 8.65. The first-order valence-electron chi connectivity index (χ1n) is 10.4. The fourth-order valence-corrected chi connectivity index (χ4v) is 4.35. The molecule has 0 unspecified atom stereocenters. The van der Waals surface area contributed by atoms with Crippen LogP contribution in [0.15, 0.2) is 30.3 Å². The maximum Gasteiger partial charge on any atom is 0.261 e. The van der Waals surface area contributed by atoms with Crippen molar-refractivity contribution < 1.29 is 14.1 Å². The first kappa shape index (κ1) is 19.5. The maximum atomic E-state index is 13.1. The third-order valence-corrected chi connectivity index (χ3v) is 6.21.